The minimum Gasteiger partial charge on any atom is -0.350 e. The zero-order valence-corrected chi connectivity index (χ0v) is 21.0. The molecule has 0 spiro atoms. The zero-order valence-electron chi connectivity index (χ0n) is 21.0. The average Bonchev–Trinajstić information content (AvgIpc) is 3.51. The van der Waals surface area contributed by atoms with E-state index in [4.69, 9.17) is 9.47 Å². The molecule has 1 fully saturated rings. The number of hydrogen-bond acceptors (Lipinski definition) is 7. The van der Waals surface area contributed by atoms with Crippen LogP contribution in [0.3, 0.4) is 0 Å². The Morgan fingerprint density at radius 2 is 1.75 bits per heavy atom. The number of pyridine rings is 1. The first-order valence-electron chi connectivity index (χ1n) is 11.9. The Labute approximate surface area is 210 Å². The van der Waals surface area contributed by atoms with Crippen LogP contribution in [0.25, 0.3) is 22.6 Å². The SMILES string of the molecule is Cc1cccc(-c2cn(CC#Cc3cnc(-c4cn(CC5OCC(C)(C)CO5)nn4)c(C)c3)nn2)c1. The summed E-state index contributed by atoms with van der Waals surface area (Å²) in [5, 5.41) is 17.0. The normalized spacial score (nSPS) is 15.4. The van der Waals surface area contributed by atoms with Crippen LogP contribution in [0.2, 0.25) is 0 Å². The van der Waals surface area contributed by atoms with Crippen LogP contribution in [-0.2, 0) is 22.6 Å². The molecule has 1 aliphatic rings. The van der Waals surface area contributed by atoms with E-state index < -0.39 is 0 Å². The maximum atomic E-state index is 5.80. The van der Waals surface area contributed by atoms with Crippen LogP contribution in [0, 0.1) is 31.1 Å². The van der Waals surface area contributed by atoms with E-state index in [1.54, 1.807) is 15.6 Å². The molecule has 0 saturated carbocycles. The number of benzene rings is 1. The lowest BCUT2D eigenvalue weighted by Gasteiger charge is -2.34. The number of nitrogens with zero attached hydrogens (tertiary/aromatic N) is 7. The molecule has 1 aliphatic heterocycles. The van der Waals surface area contributed by atoms with E-state index >= 15 is 0 Å². The Morgan fingerprint density at radius 3 is 2.53 bits per heavy atom. The molecule has 5 rings (SSSR count). The zero-order chi connectivity index (χ0) is 25.1. The molecular weight excluding hydrogens is 454 g/mol. The molecule has 3 aromatic heterocycles. The van der Waals surface area contributed by atoms with E-state index in [0.717, 1.165) is 28.1 Å². The van der Waals surface area contributed by atoms with Crippen LogP contribution in [0.1, 0.15) is 30.5 Å². The molecule has 0 amide bonds. The van der Waals surface area contributed by atoms with Gasteiger partial charge in [-0.15, -0.1) is 10.2 Å². The Morgan fingerprint density at radius 1 is 1.00 bits per heavy atom. The fourth-order valence-electron chi connectivity index (χ4n) is 3.93. The van der Waals surface area contributed by atoms with E-state index in [0.29, 0.717) is 32.0 Å². The highest BCUT2D eigenvalue weighted by atomic mass is 16.7. The topological polar surface area (TPSA) is 92.8 Å². The van der Waals surface area contributed by atoms with Crippen molar-refractivity contribution in [3.05, 3.63) is 65.6 Å². The maximum Gasteiger partial charge on any atom is 0.177 e. The fourth-order valence-corrected chi connectivity index (χ4v) is 3.93. The van der Waals surface area contributed by atoms with Crippen molar-refractivity contribution in [2.24, 2.45) is 5.41 Å². The fraction of sp³-hybridized carbons (Fsp3) is 0.370. The quantitative estimate of drug-likeness (QED) is 0.400. The smallest absolute Gasteiger partial charge is 0.177 e. The first kappa shape index (κ1) is 23.9. The maximum absolute atomic E-state index is 5.80. The summed E-state index contributed by atoms with van der Waals surface area (Å²) in [6.45, 7) is 10.5. The summed E-state index contributed by atoms with van der Waals surface area (Å²) in [7, 11) is 0. The Balaban J connectivity index is 1.21. The third-order valence-corrected chi connectivity index (χ3v) is 5.84. The highest BCUT2D eigenvalue weighted by Crippen LogP contribution is 2.24. The van der Waals surface area contributed by atoms with Crippen LogP contribution in [0.15, 0.2) is 48.9 Å². The number of ether oxygens (including phenoxy) is 2. The van der Waals surface area contributed by atoms with Gasteiger partial charge in [-0.2, -0.15) is 0 Å². The van der Waals surface area contributed by atoms with Gasteiger partial charge in [0.2, 0.25) is 0 Å². The summed E-state index contributed by atoms with van der Waals surface area (Å²) in [6.07, 6.45) is 5.20. The van der Waals surface area contributed by atoms with E-state index in [-0.39, 0.29) is 11.7 Å². The lowest BCUT2D eigenvalue weighted by molar-refractivity contribution is -0.227. The van der Waals surface area contributed by atoms with E-state index in [2.05, 4.69) is 70.4 Å². The lowest BCUT2D eigenvalue weighted by atomic mass is 9.96. The molecule has 9 heteroatoms. The van der Waals surface area contributed by atoms with Crippen LogP contribution >= 0.6 is 0 Å². The molecule has 9 nitrogen and oxygen atoms in total. The van der Waals surface area contributed by atoms with Gasteiger partial charge in [-0.05, 0) is 31.5 Å². The highest BCUT2D eigenvalue weighted by molar-refractivity contribution is 5.59. The third-order valence-electron chi connectivity index (χ3n) is 5.84. The number of aromatic nitrogens is 7. The van der Waals surface area contributed by atoms with Crippen molar-refractivity contribution >= 4 is 0 Å². The molecule has 184 valence electrons. The van der Waals surface area contributed by atoms with E-state index in [1.165, 1.54) is 5.56 Å². The first-order valence-corrected chi connectivity index (χ1v) is 11.9. The average molecular weight is 484 g/mol. The molecule has 36 heavy (non-hydrogen) atoms. The molecule has 0 aliphatic carbocycles. The van der Waals surface area contributed by atoms with Crippen molar-refractivity contribution in [1.82, 2.24) is 35.0 Å². The molecular formula is C27H29N7O2. The molecule has 4 aromatic rings. The van der Waals surface area contributed by atoms with Gasteiger partial charge in [0.25, 0.3) is 0 Å². The minimum absolute atomic E-state index is 0.0370. The lowest BCUT2D eigenvalue weighted by Crippen LogP contribution is -2.39. The molecule has 1 saturated heterocycles. The molecule has 4 heterocycles. The van der Waals surface area contributed by atoms with Crippen molar-refractivity contribution in [1.29, 1.82) is 0 Å². The van der Waals surface area contributed by atoms with Gasteiger partial charge >= 0.3 is 0 Å². The molecule has 0 atom stereocenters. The van der Waals surface area contributed by atoms with Gasteiger partial charge in [0.15, 0.2) is 6.29 Å². The van der Waals surface area contributed by atoms with Crippen molar-refractivity contribution < 1.29 is 9.47 Å². The Bertz CT molecular complexity index is 1420. The predicted molar refractivity (Wildman–Crippen MR) is 135 cm³/mol. The third kappa shape index (κ3) is 5.67. The van der Waals surface area contributed by atoms with Crippen molar-refractivity contribution in [2.75, 3.05) is 13.2 Å². The summed E-state index contributed by atoms with van der Waals surface area (Å²) >= 11 is 0. The monoisotopic (exact) mass is 483 g/mol. The van der Waals surface area contributed by atoms with Crippen LogP contribution in [0.5, 0.6) is 0 Å². The highest BCUT2D eigenvalue weighted by Gasteiger charge is 2.28. The van der Waals surface area contributed by atoms with E-state index in [1.807, 2.05) is 37.5 Å². The second-order valence-electron chi connectivity index (χ2n) is 9.90. The molecule has 0 N–H and O–H groups in total. The molecule has 0 bridgehead atoms. The van der Waals surface area contributed by atoms with Gasteiger partial charge in [0.1, 0.15) is 17.9 Å². The van der Waals surface area contributed by atoms with Crippen molar-refractivity contribution in [3.8, 4) is 34.5 Å². The van der Waals surface area contributed by atoms with Crippen LogP contribution in [-0.4, -0.2) is 54.5 Å². The largest absolute Gasteiger partial charge is 0.350 e. The van der Waals surface area contributed by atoms with Gasteiger partial charge in [0, 0.05) is 22.7 Å². The molecule has 1 aromatic carbocycles. The summed E-state index contributed by atoms with van der Waals surface area (Å²) in [5.74, 6) is 6.31. The molecule has 0 radical (unpaired) electrons. The number of hydrogen-bond donors (Lipinski definition) is 0. The first-order chi connectivity index (χ1) is 17.3. The second kappa shape index (κ2) is 10.0. The van der Waals surface area contributed by atoms with Gasteiger partial charge in [-0.3, -0.25) is 4.98 Å². The summed E-state index contributed by atoms with van der Waals surface area (Å²) in [6, 6.07) is 10.2. The van der Waals surface area contributed by atoms with Gasteiger partial charge in [0.05, 0.1) is 37.8 Å². The van der Waals surface area contributed by atoms with Gasteiger partial charge in [-0.25, -0.2) is 9.36 Å². The second-order valence-corrected chi connectivity index (χ2v) is 9.90. The van der Waals surface area contributed by atoms with Crippen LogP contribution in [0.4, 0.5) is 0 Å². The van der Waals surface area contributed by atoms with Gasteiger partial charge < -0.3 is 9.47 Å². The van der Waals surface area contributed by atoms with Crippen molar-refractivity contribution in [3.63, 3.8) is 0 Å². The molecule has 0 unspecified atom stereocenters. The standard InChI is InChI=1S/C27H29N7O2/c1-19-7-5-9-22(11-19)23-14-33(31-29-23)10-6-8-21-12-20(2)26(28-13-21)24-15-34(32-30-24)16-25-35-17-27(3,4)18-36-25/h5,7,9,11-15,25H,10,16-18H2,1-4H3. The minimum atomic E-state index is -0.322. The number of rotatable bonds is 5. The summed E-state index contributed by atoms with van der Waals surface area (Å²) < 4.78 is 15.1. The Hall–Kier alpha value is -3.87. The summed E-state index contributed by atoms with van der Waals surface area (Å²) in [4.78, 5) is 4.59. The Kier molecular flexibility index (Phi) is 6.63. The number of aryl methyl sites for hydroxylation is 2. The van der Waals surface area contributed by atoms with Gasteiger partial charge in [-0.1, -0.05) is 59.9 Å². The van der Waals surface area contributed by atoms with Crippen molar-refractivity contribution in [2.45, 2.75) is 47.1 Å². The summed E-state index contributed by atoms with van der Waals surface area (Å²) in [5.41, 5.74) is 6.39. The predicted octanol–water partition coefficient (Wildman–Crippen LogP) is 3.67. The van der Waals surface area contributed by atoms with Crippen LogP contribution < -0.4 is 0 Å². The van der Waals surface area contributed by atoms with E-state index in [9.17, 15) is 0 Å².